The third-order valence-corrected chi connectivity index (χ3v) is 10.9. The molecule has 2 N–H and O–H groups in total. The van der Waals surface area contributed by atoms with Crippen molar-refractivity contribution < 1.29 is 26.4 Å². The van der Waals surface area contributed by atoms with Crippen molar-refractivity contribution in [2.24, 2.45) is 5.14 Å². The average Bonchev–Trinajstić information content (AvgIpc) is 3.16. The van der Waals surface area contributed by atoms with Crippen molar-refractivity contribution in [3.63, 3.8) is 0 Å². The molecule has 1 aliphatic carbocycles. The molecule has 11 heteroatoms. The van der Waals surface area contributed by atoms with Gasteiger partial charge in [-0.3, -0.25) is 9.59 Å². The highest BCUT2D eigenvalue weighted by Crippen LogP contribution is 2.34. The fourth-order valence-electron chi connectivity index (χ4n) is 5.41. The molecule has 2 aromatic carbocycles. The molecule has 9 nitrogen and oxygen atoms in total. The van der Waals surface area contributed by atoms with Crippen LogP contribution in [0.3, 0.4) is 0 Å². The summed E-state index contributed by atoms with van der Waals surface area (Å²) in [6, 6.07) is 5.79. The van der Waals surface area contributed by atoms with Crippen LogP contribution in [-0.4, -0.2) is 45.5 Å². The average molecular weight is 574 g/mol. The van der Waals surface area contributed by atoms with Crippen molar-refractivity contribution in [1.82, 2.24) is 4.31 Å². The summed E-state index contributed by atoms with van der Waals surface area (Å²) >= 11 is 0. The lowest BCUT2D eigenvalue weighted by atomic mass is 9.97. The van der Waals surface area contributed by atoms with E-state index in [9.17, 15) is 26.4 Å². The maximum atomic E-state index is 14.3. The summed E-state index contributed by atoms with van der Waals surface area (Å²) in [7, 11) is -8.13. The molecule has 0 saturated carbocycles. The molecule has 2 aliphatic rings. The van der Waals surface area contributed by atoms with Gasteiger partial charge in [0.05, 0.1) is 21.9 Å². The van der Waals surface area contributed by atoms with E-state index in [4.69, 9.17) is 5.14 Å². The van der Waals surface area contributed by atoms with E-state index >= 15 is 0 Å². The fourth-order valence-corrected chi connectivity index (χ4v) is 8.09. The SMILES string of the molecule is Cc1cc(C)c(C)c(S(=O)(=O)N(CCC2=CCCCC2)C2CC(=O)N(c3ccc(S(N)(=O)=O)cc3)C2=O)c1C. The first-order valence-electron chi connectivity index (χ1n) is 13.0. The normalized spacial score (nSPS) is 18.7. The molecule has 1 unspecified atom stereocenters. The Labute approximate surface area is 230 Å². The minimum Gasteiger partial charge on any atom is -0.274 e. The van der Waals surface area contributed by atoms with Crippen LogP contribution in [0.2, 0.25) is 0 Å². The molecule has 1 aliphatic heterocycles. The van der Waals surface area contributed by atoms with Gasteiger partial charge in [-0.1, -0.05) is 17.7 Å². The van der Waals surface area contributed by atoms with Gasteiger partial charge in [-0.15, -0.1) is 0 Å². The second-order valence-corrected chi connectivity index (χ2v) is 13.8. The van der Waals surface area contributed by atoms with Crippen LogP contribution in [0.4, 0.5) is 5.69 Å². The van der Waals surface area contributed by atoms with Crippen LogP contribution < -0.4 is 10.0 Å². The lowest BCUT2D eigenvalue weighted by molar-refractivity contribution is -0.122. The van der Waals surface area contributed by atoms with Crippen molar-refractivity contribution in [3.8, 4) is 0 Å². The first-order valence-corrected chi connectivity index (χ1v) is 16.0. The van der Waals surface area contributed by atoms with Gasteiger partial charge < -0.3 is 0 Å². The number of carbonyl (C=O) groups is 2. The summed E-state index contributed by atoms with van der Waals surface area (Å²) in [5.74, 6) is -1.22. The van der Waals surface area contributed by atoms with Gasteiger partial charge >= 0.3 is 0 Å². The Bertz CT molecular complexity index is 1530. The number of nitrogens with zero attached hydrogens (tertiary/aromatic N) is 2. The van der Waals surface area contributed by atoms with Crippen LogP contribution in [0.5, 0.6) is 0 Å². The summed E-state index contributed by atoms with van der Waals surface area (Å²) in [5, 5.41) is 5.17. The Morgan fingerprint density at radius 3 is 2.10 bits per heavy atom. The zero-order valence-corrected chi connectivity index (χ0v) is 24.4. The Morgan fingerprint density at radius 2 is 1.56 bits per heavy atom. The van der Waals surface area contributed by atoms with E-state index in [1.807, 2.05) is 19.9 Å². The van der Waals surface area contributed by atoms with Gasteiger partial charge in [-0.05, 0) is 106 Å². The molecule has 1 atom stereocenters. The van der Waals surface area contributed by atoms with Gasteiger partial charge in [0.1, 0.15) is 6.04 Å². The number of rotatable bonds is 8. The summed E-state index contributed by atoms with van der Waals surface area (Å²) in [6.07, 6.45) is 6.27. The van der Waals surface area contributed by atoms with Gasteiger partial charge in [0.25, 0.3) is 5.91 Å². The number of primary sulfonamides is 1. The van der Waals surface area contributed by atoms with E-state index in [1.54, 1.807) is 13.8 Å². The number of hydrogen-bond donors (Lipinski definition) is 1. The molecule has 1 saturated heterocycles. The fraction of sp³-hybridized carbons (Fsp3) is 0.429. The standard InChI is InChI=1S/C28H35N3O6S2/c1-18-16-19(2)21(4)27(20(18)3)39(36,37)30(15-14-22-8-6-5-7-9-22)25-17-26(32)31(28(25)33)23-10-12-24(13-11-23)38(29,34)35/h8,10-13,16,25H,5-7,9,14-15,17H2,1-4H3,(H2,29,34,35). The van der Waals surface area contributed by atoms with Crippen molar-refractivity contribution in [2.75, 3.05) is 11.4 Å². The van der Waals surface area contributed by atoms with Crippen LogP contribution >= 0.6 is 0 Å². The van der Waals surface area contributed by atoms with Gasteiger partial charge in [0.15, 0.2) is 0 Å². The van der Waals surface area contributed by atoms with E-state index in [-0.39, 0.29) is 28.4 Å². The highest BCUT2D eigenvalue weighted by atomic mass is 32.2. The number of sulfonamides is 2. The van der Waals surface area contributed by atoms with Gasteiger partial charge in [0.2, 0.25) is 26.0 Å². The Hall–Kier alpha value is -2.86. The summed E-state index contributed by atoms with van der Waals surface area (Å²) in [6.45, 7) is 7.31. The first-order chi connectivity index (χ1) is 18.2. The maximum Gasteiger partial charge on any atom is 0.252 e. The second kappa shape index (κ2) is 11.0. The van der Waals surface area contributed by atoms with Gasteiger partial charge in [-0.25, -0.2) is 26.9 Å². The lowest BCUT2D eigenvalue weighted by Gasteiger charge is -2.29. The quantitative estimate of drug-likeness (QED) is 0.377. The van der Waals surface area contributed by atoms with E-state index in [0.29, 0.717) is 17.5 Å². The smallest absolute Gasteiger partial charge is 0.252 e. The number of nitrogens with two attached hydrogens (primary N) is 1. The Balaban J connectivity index is 1.75. The minimum atomic E-state index is -4.17. The summed E-state index contributed by atoms with van der Waals surface area (Å²) < 4.78 is 53.1. The highest BCUT2D eigenvalue weighted by molar-refractivity contribution is 7.89. The Morgan fingerprint density at radius 1 is 0.949 bits per heavy atom. The van der Waals surface area contributed by atoms with Crippen LogP contribution in [-0.2, 0) is 29.6 Å². The molecule has 0 spiro atoms. The molecule has 210 valence electrons. The topological polar surface area (TPSA) is 135 Å². The third-order valence-electron chi connectivity index (χ3n) is 7.80. The number of amides is 2. The van der Waals surface area contributed by atoms with E-state index in [2.05, 4.69) is 6.08 Å². The first kappa shape index (κ1) is 29.1. The van der Waals surface area contributed by atoms with Crippen molar-refractivity contribution in [1.29, 1.82) is 0 Å². The number of carbonyl (C=O) groups excluding carboxylic acids is 2. The number of aryl methyl sites for hydroxylation is 2. The molecular formula is C28H35N3O6S2. The number of anilines is 1. The van der Waals surface area contributed by atoms with Crippen LogP contribution in [0, 0.1) is 27.7 Å². The molecule has 0 bridgehead atoms. The molecule has 1 heterocycles. The number of hydrogen-bond acceptors (Lipinski definition) is 6. The van der Waals surface area contributed by atoms with Crippen molar-refractivity contribution in [3.05, 3.63) is 64.2 Å². The lowest BCUT2D eigenvalue weighted by Crippen LogP contribution is -2.46. The minimum absolute atomic E-state index is 0.0713. The number of allylic oxidation sites excluding steroid dienone is 1. The number of imide groups is 1. The number of benzene rings is 2. The molecule has 0 radical (unpaired) electrons. The monoisotopic (exact) mass is 573 g/mol. The predicted octanol–water partition coefficient (Wildman–Crippen LogP) is 3.78. The maximum absolute atomic E-state index is 14.3. The molecule has 0 aromatic heterocycles. The van der Waals surface area contributed by atoms with E-state index in [0.717, 1.165) is 47.3 Å². The third kappa shape index (κ3) is 5.72. The van der Waals surface area contributed by atoms with Gasteiger partial charge in [0, 0.05) is 6.54 Å². The van der Waals surface area contributed by atoms with Crippen LogP contribution in [0.1, 0.15) is 60.8 Å². The van der Waals surface area contributed by atoms with E-state index in [1.165, 1.54) is 28.6 Å². The molecular weight excluding hydrogens is 538 g/mol. The highest BCUT2D eigenvalue weighted by Gasteiger charge is 2.47. The largest absolute Gasteiger partial charge is 0.274 e. The summed E-state index contributed by atoms with van der Waals surface area (Å²) in [5.41, 5.74) is 4.21. The second-order valence-electron chi connectivity index (χ2n) is 10.4. The van der Waals surface area contributed by atoms with E-state index < -0.39 is 37.9 Å². The Kier molecular flexibility index (Phi) is 8.18. The van der Waals surface area contributed by atoms with Crippen LogP contribution in [0.15, 0.2) is 51.8 Å². The van der Waals surface area contributed by atoms with Crippen LogP contribution in [0.25, 0.3) is 0 Å². The zero-order valence-electron chi connectivity index (χ0n) is 22.7. The molecule has 1 fully saturated rings. The molecule has 2 amide bonds. The predicted molar refractivity (Wildman–Crippen MR) is 149 cm³/mol. The molecule has 39 heavy (non-hydrogen) atoms. The molecule has 2 aromatic rings. The molecule has 4 rings (SSSR count). The van der Waals surface area contributed by atoms with Crippen molar-refractivity contribution in [2.45, 2.75) is 82.1 Å². The van der Waals surface area contributed by atoms with Crippen molar-refractivity contribution >= 4 is 37.5 Å². The summed E-state index contributed by atoms with van der Waals surface area (Å²) in [4.78, 5) is 27.8. The van der Waals surface area contributed by atoms with Gasteiger partial charge in [-0.2, -0.15) is 4.31 Å². The zero-order chi connectivity index (χ0) is 28.7.